The molecule has 0 aliphatic carbocycles. The summed E-state index contributed by atoms with van der Waals surface area (Å²) in [5.74, 6) is 1.97. The van der Waals surface area contributed by atoms with E-state index in [1.807, 2.05) is 37.8 Å². The van der Waals surface area contributed by atoms with Gasteiger partial charge in [-0.3, -0.25) is 14.6 Å². The molecule has 2 aromatic carbocycles. The van der Waals surface area contributed by atoms with Crippen molar-refractivity contribution in [2.24, 2.45) is 17.8 Å². The standard InChI is InChI=1S/C36H50Cl2N4O3/c1-36(2,3)45-35(44)42-14-8-30(9-15-42)29-6-12-41(13-7-29)24-28-16-27(23-40-10-4-26(5-11-40)22-39-25-43)17-31(18-28)32-19-33(37)21-34(38)20-32/h16-21,25-26,29-30H,4-15,22-24H2,1-3H3,(H,39,43). The number of nitrogens with zero attached hydrogens (tertiary/aromatic N) is 3. The topological polar surface area (TPSA) is 65.1 Å². The number of likely N-dealkylation sites (tertiary alicyclic amines) is 3. The molecule has 0 bridgehead atoms. The second kappa shape index (κ2) is 15.5. The molecule has 45 heavy (non-hydrogen) atoms. The summed E-state index contributed by atoms with van der Waals surface area (Å²) in [4.78, 5) is 30.3. The highest BCUT2D eigenvalue weighted by molar-refractivity contribution is 6.35. The number of nitrogens with one attached hydrogen (secondary N) is 1. The second-order valence-electron chi connectivity index (χ2n) is 14.4. The molecular weight excluding hydrogens is 607 g/mol. The minimum Gasteiger partial charge on any atom is -0.444 e. The van der Waals surface area contributed by atoms with E-state index in [0.29, 0.717) is 21.9 Å². The van der Waals surface area contributed by atoms with Crippen LogP contribution in [0.1, 0.15) is 70.4 Å². The summed E-state index contributed by atoms with van der Waals surface area (Å²) in [5, 5.41) is 4.15. The number of benzene rings is 2. The molecule has 2 amide bonds. The van der Waals surface area contributed by atoms with Gasteiger partial charge in [0.15, 0.2) is 0 Å². The van der Waals surface area contributed by atoms with Crippen LogP contribution < -0.4 is 5.32 Å². The summed E-state index contributed by atoms with van der Waals surface area (Å²) in [5.41, 5.74) is 4.40. The molecule has 3 aliphatic heterocycles. The summed E-state index contributed by atoms with van der Waals surface area (Å²) < 4.78 is 5.60. The van der Waals surface area contributed by atoms with Crippen LogP contribution in [0.25, 0.3) is 11.1 Å². The van der Waals surface area contributed by atoms with Crippen molar-refractivity contribution in [3.05, 3.63) is 57.6 Å². The Kier molecular flexibility index (Phi) is 11.7. The lowest BCUT2D eigenvalue weighted by atomic mass is 9.79. The lowest BCUT2D eigenvalue weighted by Crippen LogP contribution is -2.44. The van der Waals surface area contributed by atoms with Gasteiger partial charge in [-0.05, 0) is 156 Å². The predicted octanol–water partition coefficient (Wildman–Crippen LogP) is 7.48. The van der Waals surface area contributed by atoms with E-state index < -0.39 is 5.60 Å². The zero-order valence-corrected chi connectivity index (χ0v) is 28.7. The molecule has 3 aliphatic rings. The maximum atomic E-state index is 12.5. The fourth-order valence-electron chi connectivity index (χ4n) is 7.37. The highest BCUT2D eigenvalue weighted by atomic mass is 35.5. The van der Waals surface area contributed by atoms with Gasteiger partial charge >= 0.3 is 6.09 Å². The minimum absolute atomic E-state index is 0.172. The van der Waals surface area contributed by atoms with Gasteiger partial charge in [-0.2, -0.15) is 0 Å². The third kappa shape index (κ3) is 10.1. The molecule has 0 radical (unpaired) electrons. The van der Waals surface area contributed by atoms with E-state index in [0.717, 1.165) is 108 Å². The largest absolute Gasteiger partial charge is 0.444 e. The first-order valence-electron chi connectivity index (χ1n) is 16.7. The third-order valence-corrected chi connectivity index (χ3v) is 10.2. The first-order valence-corrected chi connectivity index (χ1v) is 17.5. The van der Waals surface area contributed by atoms with Crippen molar-refractivity contribution in [3.63, 3.8) is 0 Å². The number of hydrogen-bond donors (Lipinski definition) is 1. The summed E-state index contributed by atoms with van der Waals surface area (Å²) in [7, 11) is 0. The van der Waals surface area contributed by atoms with E-state index >= 15 is 0 Å². The molecular formula is C36H50Cl2N4O3. The number of carbonyl (C=O) groups is 2. The fourth-order valence-corrected chi connectivity index (χ4v) is 7.90. The van der Waals surface area contributed by atoms with Crippen LogP contribution >= 0.6 is 23.2 Å². The molecule has 3 heterocycles. The van der Waals surface area contributed by atoms with E-state index in [1.165, 1.54) is 24.0 Å². The average molecular weight is 658 g/mol. The van der Waals surface area contributed by atoms with Gasteiger partial charge in [0.2, 0.25) is 6.41 Å². The minimum atomic E-state index is -0.449. The summed E-state index contributed by atoms with van der Waals surface area (Å²) >= 11 is 12.8. The number of halogens is 2. The van der Waals surface area contributed by atoms with E-state index in [1.54, 1.807) is 6.07 Å². The zero-order valence-electron chi connectivity index (χ0n) is 27.2. The Balaban J connectivity index is 1.19. The highest BCUT2D eigenvalue weighted by Crippen LogP contribution is 2.34. The Labute approximate surface area is 279 Å². The molecule has 0 saturated carbocycles. The van der Waals surface area contributed by atoms with Crippen molar-refractivity contribution < 1.29 is 14.3 Å². The third-order valence-electron chi connectivity index (χ3n) is 9.75. The molecule has 2 aromatic rings. The van der Waals surface area contributed by atoms with Crippen molar-refractivity contribution >= 4 is 35.7 Å². The number of carbonyl (C=O) groups excluding carboxylic acids is 2. The first-order chi connectivity index (χ1) is 21.5. The molecule has 0 unspecified atom stereocenters. The van der Waals surface area contributed by atoms with Crippen LogP contribution in [0.4, 0.5) is 4.79 Å². The quantitative estimate of drug-likeness (QED) is 0.284. The van der Waals surface area contributed by atoms with Gasteiger partial charge in [0.25, 0.3) is 0 Å². The number of ether oxygens (including phenoxy) is 1. The van der Waals surface area contributed by atoms with Gasteiger partial charge < -0.3 is 15.0 Å². The second-order valence-corrected chi connectivity index (χ2v) is 15.2. The van der Waals surface area contributed by atoms with Gasteiger partial charge in [-0.25, -0.2) is 4.79 Å². The smallest absolute Gasteiger partial charge is 0.410 e. The van der Waals surface area contributed by atoms with Gasteiger partial charge in [-0.15, -0.1) is 0 Å². The molecule has 3 fully saturated rings. The summed E-state index contributed by atoms with van der Waals surface area (Å²) in [6.07, 6.45) is 7.40. The maximum Gasteiger partial charge on any atom is 0.410 e. The lowest BCUT2D eigenvalue weighted by Gasteiger charge is -2.40. The van der Waals surface area contributed by atoms with E-state index in [9.17, 15) is 9.59 Å². The van der Waals surface area contributed by atoms with Crippen molar-refractivity contribution in [1.29, 1.82) is 0 Å². The predicted molar refractivity (Wildman–Crippen MR) is 182 cm³/mol. The van der Waals surface area contributed by atoms with Crippen molar-refractivity contribution in [1.82, 2.24) is 20.0 Å². The molecule has 3 saturated heterocycles. The van der Waals surface area contributed by atoms with Crippen molar-refractivity contribution in [2.45, 2.75) is 78.0 Å². The average Bonchev–Trinajstić information content (AvgIpc) is 3.00. The number of rotatable bonds is 9. The molecule has 1 N–H and O–H groups in total. The van der Waals surface area contributed by atoms with Crippen LogP contribution in [-0.4, -0.2) is 78.6 Å². The zero-order chi connectivity index (χ0) is 32.0. The maximum absolute atomic E-state index is 12.5. The molecule has 5 rings (SSSR count). The monoisotopic (exact) mass is 656 g/mol. The molecule has 246 valence electrons. The molecule has 0 atom stereocenters. The van der Waals surface area contributed by atoms with Crippen LogP contribution in [-0.2, 0) is 22.6 Å². The van der Waals surface area contributed by atoms with E-state index in [4.69, 9.17) is 27.9 Å². The molecule has 0 spiro atoms. The van der Waals surface area contributed by atoms with Crippen molar-refractivity contribution in [2.75, 3.05) is 45.8 Å². The number of amides is 2. The Morgan fingerprint density at radius 2 is 1.27 bits per heavy atom. The van der Waals surface area contributed by atoms with Crippen LogP contribution in [0.5, 0.6) is 0 Å². The van der Waals surface area contributed by atoms with Crippen LogP contribution in [0, 0.1) is 17.8 Å². The van der Waals surface area contributed by atoms with Crippen molar-refractivity contribution in [3.8, 4) is 11.1 Å². The molecule has 0 aromatic heterocycles. The first kappa shape index (κ1) is 34.0. The lowest BCUT2D eigenvalue weighted by molar-refractivity contribution is -0.109. The van der Waals surface area contributed by atoms with E-state index in [-0.39, 0.29) is 6.09 Å². The summed E-state index contributed by atoms with van der Waals surface area (Å²) in [6.45, 7) is 14.3. The number of piperidine rings is 3. The van der Waals surface area contributed by atoms with Gasteiger partial charge in [0.1, 0.15) is 5.60 Å². The van der Waals surface area contributed by atoms with Crippen LogP contribution in [0.2, 0.25) is 10.0 Å². The van der Waals surface area contributed by atoms with E-state index in [2.05, 4.69) is 33.3 Å². The Morgan fingerprint density at radius 1 is 0.778 bits per heavy atom. The fraction of sp³-hybridized carbons (Fsp3) is 0.611. The van der Waals surface area contributed by atoms with Gasteiger partial charge in [0, 0.05) is 42.8 Å². The highest BCUT2D eigenvalue weighted by Gasteiger charge is 2.32. The SMILES string of the molecule is CC(C)(C)OC(=O)N1CCC(C2CCN(Cc3cc(CN4CCC(CNC=O)CC4)cc(-c4cc(Cl)cc(Cl)c4)c3)CC2)CC1. The number of hydrogen-bond acceptors (Lipinski definition) is 5. The molecule has 7 nitrogen and oxygen atoms in total. The summed E-state index contributed by atoms with van der Waals surface area (Å²) in [6, 6.07) is 12.8. The van der Waals surface area contributed by atoms with Gasteiger partial charge in [-0.1, -0.05) is 29.3 Å². The Bertz CT molecular complexity index is 1270. The normalized spacial score (nSPS) is 19.9. The van der Waals surface area contributed by atoms with Gasteiger partial charge in [0.05, 0.1) is 0 Å². The van der Waals surface area contributed by atoms with Crippen LogP contribution in [0.15, 0.2) is 36.4 Å². The Morgan fingerprint density at radius 3 is 1.78 bits per heavy atom. The van der Waals surface area contributed by atoms with Crippen LogP contribution in [0.3, 0.4) is 0 Å². The molecule has 9 heteroatoms. The Hall–Kier alpha value is -2.32.